The first-order chi connectivity index (χ1) is 18.3. The Morgan fingerprint density at radius 2 is 1.89 bits per heavy atom. The van der Waals surface area contributed by atoms with Crippen molar-refractivity contribution in [3.63, 3.8) is 0 Å². The fourth-order valence-corrected chi connectivity index (χ4v) is 5.65. The number of halogens is 4. The number of hydrogen-bond acceptors (Lipinski definition) is 7. The van der Waals surface area contributed by atoms with Crippen LogP contribution in [0.3, 0.4) is 0 Å². The van der Waals surface area contributed by atoms with Crippen molar-refractivity contribution in [3.8, 4) is 16.9 Å². The highest BCUT2D eigenvalue weighted by Gasteiger charge is 2.56. The summed E-state index contributed by atoms with van der Waals surface area (Å²) >= 11 is 6.25. The molecule has 2 aromatic heterocycles. The van der Waals surface area contributed by atoms with Crippen LogP contribution >= 0.6 is 11.6 Å². The maximum atomic E-state index is 14.9. The number of nitrogens with two attached hydrogens (primary N) is 1. The van der Waals surface area contributed by atoms with E-state index in [-0.39, 0.29) is 40.6 Å². The number of nitrogens with zero attached hydrogens (tertiary/aromatic N) is 7. The van der Waals surface area contributed by atoms with Gasteiger partial charge in [0, 0.05) is 45.8 Å². The first-order valence-corrected chi connectivity index (χ1v) is 12.1. The van der Waals surface area contributed by atoms with E-state index >= 15 is 0 Å². The van der Waals surface area contributed by atoms with Crippen molar-refractivity contribution in [3.05, 3.63) is 87.1 Å². The second-order valence-corrected chi connectivity index (χ2v) is 9.89. The lowest BCUT2D eigenvalue weighted by atomic mass is 9.97. The second kappa shape index (κ2) is 8.09. The van der Waals surface area contributed by atoms with Gasteiger partial charge in [0.2, 0.25) is 5.95 Å². The third kappa shape index (κ3) is 3.33. The Labute approximate surface area is 217 Å². The van der Waals surface area contributed by atoms with Crippen LogP contribution in [0.2, 0.25) is 5.02 Å². The van der Waals surface area contributed by atoms with Crippen LogP contribution in [0.15, 0.2) is 58.5 Å². The Morgan fingerprint density at radius 1 is 1.05 bits per heavy atom. The molecule has 4 heterocycles. The molecule has 7 rings (SSSR count). The van der Waals surface area contributed by atoms with Gasteiger partial charge in [-0.15, -0.1) is 5.10 Å². The molecule has 2 N–H and O–H groups in total. The minimum absolute atomic E-state index is 0.00250. The molecule has 13 heteroatoms. The zero-order valence-electron chi connectivity index (χ0n) is 19.3. The lowest BCUT2D eigenvalue weighted by molar-refractivity contribution is 0.509. The van der Waals surface area contributed by atoms with E-state index in [9.17, 15) is 18.0 Å². The third-order valence-electron chi connectivity index (χ3n) is 7.29. The lowest BCUT2D eigenvalue weighted by Gasteiger charge is -2.19. The molecular formula is C25H16ClF3N8O. The van der Waals surface area contributed by atoms with E-state index in [0.29, 0.717) is 33.5 Å². The average Bonchev–Trinajstić information content (AvgIpc) is 3.20. The number of rotatable bonds is 4. The van der Waals surface area contributed by atoms with Crippen LogP contribution in [0.5, 0.6) is 0 Å². The number of tetrazole rings is 1. The van der Waals surface area contributed by atoms with E-state index in [2.05, 4.69) is 20.5 Å². The molecule has 1 saturated carbocycles. The number of aliphatic imine (C=N–C) groups is 1. The summed E-state index contributed by atoms with van der Waals surface area (Å²) in [4.78, 5) is 22.3. The molecule has 0 saturated heterocycles. The van der Waals surface area contributed by atoms with Gasteiger partial charge >= 0.3 is 0 Å². The fraction of sp³-hybridized carbons (Fsp3) is 0.200. The minimum Gasteiger partial charge on any atom is -0.396 e. The number of hydrogen-bond donors (Lipinski definition) is 1. The first kappa shape index (κ1) is 22.8. The molecule has 1 aliphatic carbocycles. The highest BCUT2D eigenvalue weighted by Crippen LogP contribution is 2.60. The molecule has 9 nitrogen and oxygen atoms in total. The second-order valence-electron chi connectivity index (χ2n) is 9.45. The van der Waals surface area contributed by atoms with Gasteiger partial charge in [0.15, 0.2) is 11.6 Å². The van der Waals surface area contributed by atoms with Crippen LogP contribution in [0.4, 0.5) is 18.9 Å². The Kier molecular flexibility index (Phi) is 4.86. The highest BCUT2D eigenvalue weighted by atomic mass is 35.5. The van der Waals surface area contributed by atoms with E-state index in [1.807, 2.05) is 0 Å². The molecule has 0 spiro atoms. The highest BCUT2D eigenvalue weighted by molar-refractivity contribution is 6.31. The molecule has 3 atom stereocenters. The molecule has 0 bridgehead atoms. The van der Waals surface area contributed by atoms with E-state index < -0.39 is 23.6 Å². The Balaban J connectivity index is 1.27. The van der Waals surface area contributed by atoms with Crippen molar-refractivity contribution >= 4 is 28.6 Å². The van der Waals surface area contributed by atoms with Gasteiger partial charge in [-0.25, -0.2) is 18.8 Å². The Hall–Kier alpha value is -4.32. The summed E-state index contributed by atoms with van der Waals surface area (Å²) in [6, 6.07) is 8.36. The largest absolute Gasteiger partial charge is 0.396 e. The van der Waals surface area contributed by atoms with E-state index in [1.54, 1.807) is 18.2 Å². The number of allylic oxidation sites excluding steroid dienone is 1. The zero-order valence-corrected chi connectivity index (χ0v) is 20.1. The van der Waals surface area contributed by atoms with Gasteiger partial charge in [-0.3, -0.25) is 9.36 Å². The number of nitrogen functional groups attached to an aromatic ring is 1. The first-order valence-electron chi connectivity index (χ1n) is 11.7. The molecule has 1 fully saturated rings. The van der Waals surface area contributed by atoms with Gasteiger partial charge in [0.1, 0.15) is 12.2 Å². The summed E-state index contributed by atoms with van der Waals surface area (Å²) in [7, 11) is 0. The molecule has 0 unspecified atom stereocenters. The molecule has 0 radical (unpaired) electrons. The van der Waals surface area contributed by atoms with Gasteiger partial charge in [-0.1, -0.05) is 11.6 Å². The minimum atomic E-state index is -1.24. The average molecular weight is 537 g/mol. The van der Waals surface area contributed by atoms with E-state index in [4.69, 9.17) is 22.3 Å². The number of anilines is 1. The van der Waals surface area contributed by atoms with Crippen molar-refractivity contribution < 1.29 is 13.2 Å². The number of aromatic nitrogens is 6. The van der Waals surface area contributed by atoms with E-state index in [1.165, 1.54) is 33.8 Å². The summed E-state index contributed by atoms with van der Waals surface area (Å²) in [6.07, 6.45) is 2.11. The van der Waals surface area contributed by atoms with Crippen LogP contribution in [-0.4, -0.2) is 35.5 Å². The molecule has 38 heavy (non-hydrogen) atoms. The quantitative estimate of drug-likeness (QED) is 0.308. The maximum Gasteiger partial charge on any atom is 0.254 e. The normalized spacial score (nSPS) is 21.5. The van der Waals surface area contributed by atoms with Crippen LogP contribution in [-0.2, 0) is 0 Å². The maximum absolute atomic E-state index is 14.9. The van der Waals surface area contributed by atoms with Gasteiger partial charge in [-0.2, -0.15) is 9.07 Å². The van der Waals surface area contributed by atoms with Gasteiger partial charge in [0.25, 0.3) is 5.56 Å². The molecule has 190 valence electrons. The topological polar surface area (TPSA) is 117 Å². The number of fused-ring (bicyclic) bond motifs is 3. The fourth-order valence-electron chi connectivity index (χ4n) is 5.48. The summed E-state index contributed by atoms with van der Waals surface area (Å²) in [5.41, 5.74) is 6.33. The van der Waals surface area contributed by atoms with Crippen LogP contribution < -0.4 is 11.3 Å². The molecule has 4 aromatic rings. The third-order valence-corrected chi connectivity index (χ3v) is 7.53. The van der Waals surface area contributed by atoms with Crippen LogP contribution in [0, 0.1) is 17.6 Å². The van der Waals surface area contributed by atoms with E-state index in [0.717, 1.165) is 6.42 Å². The van der Waals surface area contributed by atoms with Crippen molar-refractivity contribution in [2.75, 3.05) is 5.73 Å². The van der Waals surface area contributed by atoms with Gasteiger partial charge < -0.3 is 5.73 Å². The SMILES string of the molecule is Nc1ccc(C2=C(F)N=C([C@@H]3[C@H]4C[C@H]4c4nc(-c5cc(Cl)ccc5-n5cnnn5)cc(=O)n43)C2)c(F)c1F. The standard InChI is InChI=1S/C25H16ClF3N8O/c26-10-1-4-19(36-9-31-34-35-36)15(5-10)17-8-20(38)37-23(12-6-14(12)25(37)33-17)18-7-13(24(29)32-18)11-2-3-16(30)22(28)21(11)27/h1-5,8-9,12,14,23H,6-7,30H2/t12-,14+,23-/m0/s1. The van der Waals surface area contributed by atoms with Crippen molar-refractivity contribution in [1.29, 1.82) is 0 Å². The monoisotopic (exact) mass is 536 g/mol. The summed E-state index contributed by atoms with van der Waals surface area (Å²) < 4.78 is 46.5. The zero-order chi connectivity index (χ0) is 26.3. The molecule has 2 aliphatic heterocycles. The predicted octanol–water partition coefficient (Wildman–Crippen LogP) is 4.24. The van der Waals surface area contributed by atoms with Crippen molar-refractivity contribution in [1.82, 2.24) is 29.8 Å². The number of benzene rings is 2. The molecule has 2 aromatic carbocycles. The smallest absolute Gasteiger partial charge is 0.254 e. The van der Waals surface area contributed by atoms with Crippen LogP contribution in [0.25, 0.3) is 22.5 Å². The van der Waals surface area contributed by atoms with Crippen molar-refractivity contribution in [2.24, 2.45) is 10.9 Å². The lowest BCUT2D eigenvalue weighted by Crippen LogP contribution is -2.30. The summed E-state index contributed by atoms with van der Waals surface area (Å²) in [5, 5.41) is 11.7. The molecule has 3 aliphatic rings. The van der Waals surface area contributed by atoms with Crippen molar-refractivity contribution in [2.45, 2.75) is 24.8 Å². The summed E-state index contributed by atoms with van der Waals surface area (Å²) in [5.74, 6) is -2.82. The van der Waals surface area contributed by atoms with Crippen LogP contribution in [0.1, 0.15) is 36.2 Å². The Morgan fingerprint density at radius 3 is 2.68 bits per heavy atom. The molecule has 0 amide bonds. The van der Waals surface area contributed by atoms with Gasteiger partial charge in [0.05, 0.1) is 23.1 Å². The molecular weight excluding hydrogens is 521 g/mol. The summed E-state index contributed by atoms with van der Waals surface area (Å²) in [6.45, 7) is 0. The predicted molar refractivity (Wildman–Crippen MR) is 132 cm³/mol. The Bertz CT molecular complexity index is 1780. The van der Waals surface area contributed by atoms with Gasteiger partial charge in [-0.05, 0) is 53.1 Å².